The zero-order valence-corrected chi connectivity index (χ0v) is 14.3. The normalized spacial score (nSPS) is 22.6. The molecule has 0 N–H and O–H groups in total. The Morgan fingerprint density at radius 2 is 2.12 bits per heavy atom. The lowest BCUT2D eigenvalue weighted by Crippen LogP contribution is -2.58. The van der Waals surface area contributed by atoms with Crippen LogP contribution in [0.1, 0.15) is 17.5 Å². The summed E-state index contributed by atoms with van der Waals surface area (Å²) >= 11 is 2.04. The van der Waals surface area contributed by atoms with Crippen LogP contribution in [0.25, 0.3) is 0 Å². The standard InChI is InChI=1S/C19H21FN2OS/c20-17-5-1-3-15(7-17)10-22-13-19(14-22)8-18(12-24-19)23-11-16-4-2-6-21-9-16/h1-7,9,18H,8,10-14H2/t18-/m0/s1. The van der Waals surface area contributed by atoms with E-state index in [-0.39, 0.29) is 5.82 Å². The monoisotopic (exact) mass is 344 g/mol. The fraction of sp³-hybridized carbons (Fsp3) is 0.421. The largest absolute Gasteiger partial charge is 0.373 e. The minimum atomic E-state index is -0.151. The van der Waals surface area contributed by atoms with Crippen LogP contribution in [0.4, 0.5) is 4.39 Å². The molecule has 2 fully saturated rings. The Morgan fingerprint density at radius 1 is 1.25 bits per heavy atom. The van der Waals surface area contributed by atoms with Crippen LogP contribution in [-0.2, 0) is 17.9 Å². The van der Waals surface area contributed by atoms with E-state index >= 15 is 0 Å². The molecule has 3 nitrogen and oxygen atoms in total. The van der Waals surface area contributed by atoms with E-state index in [4.69, 9.17) is 4.74 Å². The summed E-state index contributed by atoms with van der Waals surface area (Å²) in [4.78, 5) is 6.52. The van der Waals surface area contributed by atoms with E-state index in [1.165, 1.54) is 6.07 Å². The Kier molecular flexibility index (Phi) is 4.57. The van der Waals surface area contributed by atoms with Crippen molar-refractivity contribution in [2.75, 3.05) is 18.8 Å². The molecule has 1 aromatic heterocycles. The summed E-state index contributed by atoms with van der Waals surface area (Å²) < 4.78 is 19.7. The minimum absolute atomic E-state index is 0.151. The fourth-order valence-corrected chi connectivity index (χ4v) is 5.21. The van der Waals surface area contributed by atoms with Crippen LogP contribution in [0, 0.1) is 5.82 Å². The van der Waals surface area contributed by atoms with E-state index in [0.717, 1.165) is 42.9 Å². The number of ether oxygens (including phenoxy) is 1. The zero-order valence-electron chi connectivity index (χ0n) is 13.5. The van der Waals surface area contributed by atoms with Crippen molar-refractivity contribution in [3.05, 3.63) is 65.7 Å². The summed E-state index contributed by atoms with van der Waals surface area (Å²) in [7, 11) is 0. The van der Waals surface area contributed by atoms with E-state index in [1.807, 2.05) is 30.1 Å². The van der Waals surface area contributed by atoms with Crippen LogP contribution in [0.3, 0.4) is 0 Å². The maximum absolute atomic E-state index is 13.3. The first-order chi connectivity index (χ1) is 11.7. The average Bonchev–Trinajstić information content (AvgIpc) is 2.98. The number of hydrogen-bond acceptors (Lipinski definition) is 4. The van der Waals surface area contributed by atoms with Gasteiger partial charge >= 0.3 is 0 Å². The molecule has 0 amide bonds. The van der Waals surface area contributed by atoms with Crippen molar-refractivity contribution in [2.45, 2.75) is 30.4 Å². The molecule has 0 saturated carbocycles. The van der Waals surface area contributed by atoms with Gasteiger partial charge < -0.3 is 4.74 Å². The van der Waals surface area contributed by atoms with Gasteiger partial charge in [-0.3, -0.25) is 9.88 Å². The summed E-state index contributed by atoms with van der Waals surface area (Å²) in [6.07, 6.45) is 5.08. The summed E-state index contributed by atoms with van der Waals surface area (Å²) in [5.41, 5.74) is 2.18. The lowest BCUT2D eigenvalue weighted by Gasteiger charge is -2.47. The van der Waals surface area contributed by atoms with Crippen molar-refractivity contribution >= 4 is 11.8 Å². The van der Waals surface area contributed by atoms with Gasteiger partial charge in [-0.25, -0.2) is 4.39 Å². The predicted octanol–water partition coefficient (Wildman–Crippen LogP) is 3.50. The SMILES string of the molecule is Fc1cccc(CN2CC3(C[C@H](OCc4cccnc4)CS3)C2)c1. The molecule has 1 spiro atoms. The summed E-state index contributed by atoms with van der Waals surface area (Å²) in [5, 5.41) is 0. The molecule has 2 aromatic rings. The molecule has 2 aliphatic heterocycles. The maximum Gasteiger partial charge on any atom is 0.123 e. The first kappa shape index (κ1) is 16.1. The number of pyridine rings is 1. The average molecular weight is 344 g/mol. The van der Waals surface area contributed by atoms with Crippen LogP contribution >= 0.6 is 11.8 Å². The van der Waals surface area contributed by atoms with Gasteiger partial charge in [0.15, 0.2) is 0 Å². The van der Waals surface area contributed by atoms with Gasteiger partial charge in [-0.15, -0.1) is 11.8 Å². The molecular formula is C19H21FN2OS. The number of rotatable bonds is 5. The number of nitrogens with zero attached hydrogens (tertiary/aromatic N) is 2. The number of halogens is 1. The van der Waals surface area contributed by atoms with E-state index < -0.39 is 0 Å². The van der Waals surface area contributed by atoms with Gasteiger partial charge in [0.05, 0.1) is 12.7 Å². The zero-order chi connectivity index (χ0) is 16.4. The Balaban J connectivity index is 1.24. The second kappa shape index (κ2) is 6.82. The van der Waals surface area contributed by atoms with Crippen LogP contribution in [0.15, 0.2) is 48.8 Å². The highest BCUT2D eigenvalue weighted by Crippen LogP contribution is 2.46. The van der Waals surface area contributed by atoms with Crippen molar-refractivity contribution in [2.24, 2.45) is 0 Å². The van der Waals surface area contributed by atoms with Gasteiger partial charge in [-0.05, 0) is 35.7 Å². The molecule has 0 bridgehead atoms. The molecule has 1 aromatic carbocycles. The van der Waals surface area contributed by atoms with Crippen molar-refractivity contribution in [1.82, 2.24) is 9.88 Å². The highest BCUT2D eigenvalue weighted by molar-refractivity contribution is 8.01. The highest BCUT2D eigenvalue weighted by Gasteiger charge is 2.49. The number of likely N-dealkylation sites (tertiary alicyclic amines) is 1. The number of benzene rings is 1. The van der Waals surface area contributed by atoms with E-state index in [1.54, 1.807) is 18.3 Å². The molecule has 5 heteroatoms. The van der Waals surface area contributed by atoms with E-state index in [9.17, 15) is 4.39 Å². The Labute approximate surface area is 146 Å². The van der Waals surface area contributed by atoms with Crippen LogP contribution in [-0.4, -0.2) is 39.6 Å². The molecule has 1 atom stereocenters. The highest BCUT2D eigenvalue weighted by atomic mass is 32.2. The van der Waals surface area contributed by atoms with Crippen molar-refractivity contribution in [1.29, 1.82) is 0 Å². The molecule has 2 aliphatic rings. The molecular weight excluding hydrogens is 323 g/mol. The van der Waals surface area contributed by atoms with Crippen molar-refractivity contribution in [3.8, 4) is 0 Å². The second-order valence-corrected chi connectivity index (χ2v) is 8.26. The molecule has 2 saturated heterocycles. The molecule has 0 unspecified atom stereocenters. The Morgan fingerprint density at radius 3 is 2.92 bits per heavy atom. The quantitative estimate of drug-likeness (QED) is 0.829. The van der Waals surface area contributed by atoms with Crippen LogP contribution in [0.2, 0.25) is 0 Å². The third kappa shape index (κ3) is 3.63. The fourth-order valence-electron chi connectivity index (χ4n) is 3.60. The number of thioether (sulfide) groups is 1. The third-order valence-electron chi connectivity index (χ3n) is 4.70. The minimum Gasteiger partial charge on any atom is -0.373 e. The van der Waals surface area contributed by atoms with Gasteiger partial charge in [0, 0.05) is 42.5 Å². The predicted molar refractivity (Wildman–Crippen MR) is 94.3 cm³/mol. The molecule has 4 rings (SSSR count). The molecule has 3 heterocycles. The third-order valence-corrected chi connectivity index (χ3v) is 6.28. The lowest BCUT2D eigenvalue weighted by atomic mass is 9.92. The molecule has 0 radical (unpaired) electrons. The topological polar surface area (TPSA) is 25.4 Å². The summed E-state index contributed by atoms with van der Waals surface area (Å²) in [6.45, 7) is 3.62. The van der Waals surface area contributed by atoms with Crippen LogP contribution in [0.5, 0.6) is 0 Å². The van der Waals surface area contributed by atoms with Crippen LogP contribution < -0.4 is 0 Å². The summed E-state index contributed by atoms with van der Waals surface area (Å²) in [5.74, 6) is 0.912. The first-order valence-corrected chi connectivity index (χ1v) is 9.31. The van der Waals surface area contributed by atoms with Crippen molar-refractivity contribution in [3.63, 3.8) is 0 Å². The Bertz CT molecular complexity index is 691. The number of hydrogen-bond donors (Lipinski definition) is 0. The second-order valence-electron chi connectivity index (χ2n) is 6.77. The van der Waals surface area contributed by atoms with Gasteiger partial charge in [-0.2, -0.15) is 0 Å². The Hall–Kier alpha value is -1.43. The van der Waals surface area contributed by atoms with E-state index in [2.05, 4.69) is 16.0 Å². The molecule has 24 heavy (non-hydrogen) atoms. The maximum atomic E-state index is 13.3. The smallest absolute Gasteiger partial charge is 0.123 e. The molecule has 0 aliphatic carbocycles. The molecule has 126 valence electrons. The van der Waals surface area contributed by atoms with Gasteiger partial charge in [0.1, 0.15) is 5.82 Å². The van der Waals surface area contributed by atoms with E-state index in [0.29, 0.717) is 17.5 Å². The number of aromatic nitrogens is 1. The van der Waals surface area contributed by atoms with Gasteiger partial charge in [-0.1, -0.05) is 18.2 Å². The lowest BCUT2D eigenvalue weighted by molar-refractivity contribution is 0.0263. The summed E-state index contributed by atoms with van der Waals surface area (Å²) in [6, 6.07) is 10.9. The first-order valence-electron chi connectivity index (χ1n) is 8.32. The van der Waals surface area contributed by atoms with Gasteiger partial charge in [0.25, 0.3) is 0 Å². The van der Waals surface area contributed by atoms with Crippen molar-refractivity contribution < 1.29 is 9.13 Å². The van der Waals surface area contributed by atoms with Gasteiger partial charge in [0.2, 0.25) is 0 Å².